The lowest BCUT2D eigenvalue weighted by atomic mass is 9.79. The van der Waals surface area contributed by atoms with Crippen molar-refractivity contribution in [3.05, 3.63) is 35.9 Å². The first-order chi connectivity index (χ1) is 9.22. The molecule has 0 aliphatic heterocycles. The number of hydrogen-bond acceptors (Lipinski definition) is 2. The van der Waals surface area contributed by atoms with Gasteiger partial charge in [0.2, 0.25) is 0 Å². The fourth-order valence-electron chi connectivity index (χ4n) is 3.27. The summed E-state index contributed by atoms with van der Waals surface area (Å²) in [7, 11) is 0. The van der Waals surface area contributed by atoms with Crippen LogP contribution in [0.1, 0.15) is 44.1 Å². The van der Waals surface area contributed by atoms with E-state index in [1.54, 1.807) is 0 Å². The van der Waals surface area contributed by atoms with Gasteiger partial charge in [0.05, 0.1) is 6.54 Å². The van der Waals surface area contributed by atoms with E-state index in [1.165, 1.54) is 24.8 Å². The second-order valence-corrected chi connectivity index (χ2v) is 5.33. The number of carboxylic acid groups (broad SMARTS) is 1. The van der Waals surface area contributed by atoms with E-state index in [1.807, 2.05) is 6.07 Å². The van der Waals surface area contributed by atoms with Gasteiger partial charge >= 0.3 is 5.97 Å². The van der Waals surface area contributed by atoms with Gasteiger partial charge in [0.1, 0.15) is 0 Å². The summed E-state index contributed by atoms with van der Waals surface area (Å²) in [5.41, 5.74) is 1.36. The van der Waals surface area contributed by atoms with E-state index in [4.69, 9.17) is 5.11 Å². The minimum absolute atomic E-state index is 0.157. The lowest BCUT2D eigenvalue weighted by Crippen LogP contribution is -2.44. The Labute approximate surface area is 115 Å². The van der Waals surface area contributed by atoms with Gasteiger partial charge in [-0.15, -0.1) is 0 Å². The summed E-state index contributed by atoms with van der Waals surface area (Å²) in [6.45, 7) is 3.02. The van der Waals surface area contributed by atoms with Crippen LogP contribution < -0.4 is 0 Å². The molecule has 3 nitrogen and oxygen atoms in total. The molecule has 0 aromatic heterocycles. The number of rotatable bonds is 5. The lowest BCUT2D eigenvalue weighted by molar-refractivity contribution is -0.139. The van der Waals surface area contributed by atoms with Gasteiger partial charge < -0.3 is 5.11 Å². The van der Waals surface area contributed by atoms with Gasteiger partial charge in [0.15, 0.2) is 0 Å². The van der Waals surface area contributed by atoms with Crippen molar-refractivity contribution in [1.82, 2.24) is 4.90 Å². The number of carboxylic acids is 1. The number of likely N-dealkylation sites (N-methyl/N-ethyl adjacent to an activating group) is 1. The molecule has 19 heavy (non-hydrogen) atoms. The van der Waals surface area contributed by atoms with E-state index < -0.39 is 5.97 Å². The third-order valence-corrected chi connectivity index (χ3v) is 4.17. The number of carbonyl (C=O) groups is 1. The highest BCUT2D eigenvalue weighted by Crippen LogP contribution is 2.35. The molecular formula is C16H23NO2. The third kappa shape index (κ3) is 3.57. The average molecular weight is 261 g/mol. The van der Waals surface area contributed by atoms with Crippen molar-refractivity contribution in [2.75, 3.05) is 13.1 Å². The maximum Gasteiger partial charge on any atom is 0.317 e. The van der Waals surface area contributed by atoms with Crippen molar-refractivity contribution in [3.8, 4) is 0 Å². The van der Waals surface area contributed by atoms with Crippen molar-refractivity contribution in [2.24, 2.45) is 0 Å². The highest BCUT2D eigenvalue weighted by atomic mass is 16.4. The topological polar surface area (TPSA) is 40.5 Å². The van der Waals surface area contributed by atoms with Crippen molar-refractivity contribution >= 4 is 5.97 Å². The average Bonchev–Trinajstić information content (AvgIpc) is 2.45. The second kappa shape index (κ2) is 6.71. The lowest BCUT2D eigenvalue weighted by Gasteiger charge is -2.39. The second-order valence-electron chi connectivity index (χ2n) is 5.33. The van der Waals surface area contributed by atoms with Gasteiger partial charge in [-0.05, 0) is 30.9 Å². The van der Waals surface area contributed by atoms with E-state index in [9.17, 15) is 4.79 Å². The first-order valence-corrected chi connectivity index (χ1v) is 7.23. The predicted molar refractivity (Wildman–Crippen MR) is 76.3 cm³/mol. The van der Waals surface area contributed by atoms with Gasteiger partial charge in [-0.1, -0.05) is 50.1 Å². The minimum atomic E-state index is -0.723. The van der Waals surface area contributed by atoms with Gasteiger partial charge in [-0.2, -0.15) is 0 Å². The number of hydrogen-bond donors (Lipinski definition) is 1. The zero-order valence-corrected chi connectivity index (χ0v) is 11.6. The fraction of sp³-hybridized carbons (Fsp3) is 0.562. The summed E-state index contributed by atoms with van der Waals surface area (Å²) in [4.78, 5) is 13.1. The largest absolute Gasteiger partial charge is 0.480 e. The zero-order valence-electron chi connectivity index (χ0n) is 11.6. The van der Waals surface area contributed by atoms with Crippen LogP contribution >= 0.6 is 0 Å². The van der Waals surface area contributed by atoms with E-state index in [0.717, 1.165) is 13.0 Å². The van der Waals surface area contributed by atoms with Crippen molar-refractivity contribution < 1.29 is 9.90 Å². The maximum absolute atomic E-state index is 11.0. The van der Waals surface area contributed by atoms with Crippen LogP contribution in [0, 0.1) is 0 Å². The summed E-state index contributed by atoms with van der Waals surface area (Å²) in [6, 6.07) is 10.9. The molecule has 2 rings (SSSR count). The summed E-state index contributed by atoms with van der Waals surface area (Å²) in [5.74, 6) is -0.242. The first kappa shape index (κ1) is 14.1. The molecule has 1 aliphatic carbocycles. The normalized spacial score (nSPS) is 23.5. The molecule has 1 fully saturated rings. The van der Waals surface area contributed by atoms with Crippen LogP contribution in [0.5, 0.6) is 0 Å². The molecule has 1 aromatic carbocycles. The quantitative estimate of drug-likeness (QED) is 0.885. The van der Waals surface area contributed by atoms with Gasteiger partial charge in [-0.25, -0.2) is 0 Å². The molecular weight excluding hydrogens is 238 g/mol. The van der Waals surface area contributed by atoms with Gasteiger partial charge in [0.25, 0.3) is 0 Å². The molecule has 1 saturated carbocycles. The molecule has 0 amide bonds. The summed E-state index contributed by atoms with van der Waals surface area (Å²) in [5, 5.41) is 9.06. The molecule has 0 heterocycles. The Morgan fingerprint density at radius 3 is 2.58 bits per heavy atom. The summed E-state index contributed by atoms with van der Waals surface area (Å²) >= 11 is 0. The monoisotopic (exact) mass is 261 g/mol. The molecule has 1 aliphatic rings. The smallest absolute Gasteiger partial charge is 0.317 e. The molecule has 104 valence electrons. The Hall–Kier alpha value is -1.35. The molecule has 0 bridgehead atoms. The molecule has 0 spiro atoms. The molecule has 2 unspecified atom stereocenters. The van der Waals surface area contributed by atoms with Crippen LogP contribution in [0.25, 0.3) is 0 Å². The third-order valence-electron chi connectivity index (χ3n) is 4.17. The van der Waals surface area contributed by atoms with E-state index >= 15 is 0 Å². The van der Waals surface area contributed by atoms with Crippen LogP contribution in [0.3, 0.4) is 0 Å². The number of nitrogens with zero attached hydrogens (tertiary/aromatic N) is 1. The van der Waals surface area contributed by atoms with Crippen molar-refractivity contribution in [2.45, 2.75) is 44.6 Å². The van der Waals surface area contributed by atoms with E-state index in [-0.39, 0.29) is 6.54 Å². The molecule has 2 atom stereocenters. The Kier molecular flexibility index (Phi) is 4.97. The van der Waals surface area contributed by atoms with E-state index in [0.29, 0.717) is 12.0 Å². The van der Waals surface area contributed by atoms with Crippen LogP contribution in [-0.4, -0.2) is 35.1 Å². The predicted octanol–water partition coefficient (Wildman–Crippen LogP) is 3.12. The Morgan fingerprint density at radius 1 is 1.26 bits per heavy atom. The van der Waals surface area contributed by atoms with Crippen LogP contribution in [-0.2, 0) is 4.79 Å². The van der Waals surface area contributed by atoms with Crippen molar-refractivity contribution in [3.63, 3.8) is 0 Å². The Morgan fingerprint density at radius 2 is 1.95 bits per heavy atom. The number of benzene rings is 1. The fourth-order valence-corrected chi connectivity index (χ4v) is 3.27. The molecule has 0 saturated heterocycles. The molecule has 0 radical (unpaired) electrons. The Bertz CT molecular complexity index is 404. The molecule has 3 heteroatoms. The Balaban J connectivity index is 2.17. The summed E-state index contributed by atoms with van der Waals surface area (Å²) < 4.78 is 0. The number of aliphatic carboxylic acids is 1. The SMILES string of the molecule is CCN(CC(=O)O)C1CCCCC1c1ccccc1. The van der Waals surface area contributed by atoms with Crippen LogP contribution in [0.4, 0.5) is 0 Å². The zero-order chi connectivity index (χ0) is 13.7. The summed E-state index contributed by atoms with van der Waals surface area (Å²) in [6.07, 6.45) is 4.75. The highest BCUT2D eigenvalue weighted by molar-refractivity contribution is 5.69. The minimum Gasteiger partial charge on any atom is -0.480 e. The van der Waals surface area contributed by atoms with Crippen LogP contribution in [0.15, 0.2) is 30.3 Å². The van der Waals surface area contributed by atoms with Crippen LogP contribution in [0.2, 0.25) is 0 Å². The van der Waals surface area contributed by atoms with Crippen molar-refractivity contribution in [1.29, 1.82) is 0 Å². The molecule has 1 N–H and O–H groups in total. The molecule has 1 aromatic rings. The van der Waals surface area contributed by atoms with Gasteiger partial charge in [-0.3, -0.25) is 9.69 Å². The van der Waals surface area contributed by atoms with E-state index in [2.05, 4.69) is 36.1 Å². The van der Waals surface area contributed by atoms with Gasteiger partial charge in [0, 0.05) is 6.04 Å². The maximum atomic E-state index is 11.0. The first-order valence-electron chi connectivity index (χ1n) is 7.23. The standard InChI is InChI=1S/C16H23NO2/c1-2-17(12-16(18)19)15-11-7-6-10-14(15)13-8-4-3-5-9-13/h3-5,8-9,14-15H,2,6-7,10-12H2,1H3,(H,18,19). The highest BCUT2D eigenvalue weighted by Gasteiger charge is 2.31.